The van der Waals surface area contributed by atoms with Gasteiger partial charge in [-0.2, -0.15) is 0 Å². The number of hydrazine groups is 1. The van der Waals surface area contributed by atoms with Gasteiger partial charge >= 0.3 is 6.03 Å². The minimum absolute atomic E-state index is 0.387. The number of urea groups is 1. The molecule has 110 valence electrons. The van der Waals surface area contributed by atoms with Crippen LogP contribution in [-0.2, 0) is 11.3 Å². The second-order valence-corrected chi connectivity index (χ2v) is 4.97. The average Bonchev–Trinajstić information content (AvgIpc) is 2.49. The van der Waals surface area contributed by atoms with E-state index in [0.29, 0.717) is 13.0 Å². The van der Waals surface area contributed by atoms with Gasteiger partial charge in [-0.25, -0.2) is 10.2 Å². The van der Waals surface area contributed by atoms with Crippen LogP contribution < -0.4 is 21.9 Å². The van der Waals surface area contributed by atoms with Crippen LogP contribution in [0.25, 0.3) is 0 Å². The van der Waals surface area contributed by atoms with Gasteiger partial charge in [0.15, 0.2) is 0 Å². The molecule has 1 atom stereocenters. The Balaban J connectivity index is 2.38. The lowest BCUT2D eigenvalue weighted by atomic mass is 10.2. The molecule has 0 heterocycles. The third kappa shape index (κ3) is 5.10. The van der Waals surface area contributed by atoms with Crippen LogP contribution in [-0.4, -0.2) is 24.2 Å². The summed E-state index contributed by atoms with van der Waals surface area (Å²) in [5.41, 5.74) is 11.1. The lowest BCUT2D eigenvalue weighted by molar-refractivity contribution is -0.123. The van der Waals surface area contributed by atoms with Crippen molar-refractivity contribution in [3.8, 4) is 0 Å². The van der Waals surface area contributed by atoms with Crippen LogP contribution in [0.5, 0.6) is 0 Å². The quantitative estimate of drug-likeness (QED) is 0.481. The molecule has 0 aliphatic heterocycles. The van der Waals surface area contributed by atoms with Crippen molar-refractivity contribution in [2.75, 3.05) is 6.26 Å². The summed E-state index contributed by atoms with van der Waals surface area (Å²) in [7, 11) is 0. The van der Waals surface area contributed by atoms with Crippen molar-refractivity contribution in [3.05, 3.63) is 29.8 Å². The number of amides is 3. The predicted molar refractivity (Wildman–Crippen MR) is 80.0 cm³/mol. The maximum absolute atomic E-state index is 11.5. The summed E-state index contributed by atoms with van der Waals surface area (Å²) in [5, 5.41) is 2.67. The molecule has 0 aliphatic carbocycles. The molecule has 0 aliphatic rings. The maximum atomic E-state index is 11.5. The zero-order valence-electron chi connectivity index (χ0n) is 11.6. The van der Waals surface area contributed by atoms with Gasteiger partial charge < -0.3 is 11.1 Å². The van der Waals surface area contributed by atoms with Gasteiger partial charge in [-0.3, -0.25) is 10.2 Å². The Labute approximate surface area is 122 Å². The largest absolute Gasteiger partial charge is 0.333 e. The molecule has 0 radical (unpaired) electrons. The first-order chi connectivity index (χ1) is 9.58. The Bertz CT molecular complexity index is 467. The molecule has 1 aromatic carbocycles. The Hall–Kier alpha value is -1.73. The third-order valence-corrected chi connectivity index (χ3v) is 3.55. The van der Waals surface area contributed by atoms with E-state index in [1.807, 2.05) is 30.5 Å². The number of nitrogens with two attached hydrogens (primary N) is 1. The van der Waals surface area contributed by atoms with Crippen LogP contribution in [0.1, 0.15) is 18.9 Å². The summed E-state index contributed by atoms with van der Waals surface area (Å²) < 4.78 is 0. The number of nitrogens with one attached hydrogen (secondary N) is 3. The minimum Gasteiger partial charge on any atom is -0.333 e. The van der Waals surface area contributed by atoms with Crippen molar-refractivity contribution in [2.45, 2.75) is 30.8 Å². The van der Waals surface area contributed by atoms with Crippen molar-refractivity contribution < 1.29 is 9.59 Å². The Morgan fingerprint density at radius 1 is 1.30 bits per heavy atom. The van der Waals surface area contributed by atoms with Gasteiger partial charge in [0.05, 0.1) is 6.04 Å². The summed E-state index contributed by atoms with van der Waals surface area (Å²) in [6, 6.07) is 6.70. The van der Waals surface area contributed by atoms with Crippen molar-refractivity contribution >= 4 is 23.7 Å². The highest BCUT2D eigenvalue weighted by Crippen LogP contribution is 2.19. The topological polar surface area (TPSA) is 96.2 Å². The summed E-state index contributed by atoms with van der Waals surface area (Å²) >= 11 is 1.61. The molecule has 0 unspecified atom stereocenters. The SMILES string of the molecule is CC[C@H](N)C(=O)NNC(=O)NCc1ccccc1SC. The fourth-order valence-electron chi connectivity index (χ4n) is 1.47. The highest BCUT2D eigenvalue weighted by molar-refractivity contribution is 7.98. The first kappa shape index (κ1) is 16.3. The number of carbonyl (C=O) groups excluding carboxylic acids is 2. The standard InChI is InChI=1S/C13H20N4O2S/c1-3-10(14)12(18)16-17-13(19)15-8-9-6-4-5-7-11(9)20-2/h4-7,10H,3,8,14H2,1-2H3,(H,16,18)(H2,15,17,19)/t10-/m0/s1. The average molecular weight is 296 g/mol. The molecule has 5 N–H and O–H groups in total. The molecule has 0 spiro atoms. The van der Waals surface area contributed by atoms with E-state index in [1.165, 1.54) is 0 Å². The molecule has 0 aromatic heterocycles. The predicted octanol–water partition coefficient (Wildman–Crippen LogP) is 0.976. The molecule has 0 bridgehead atoms. The molecule has 1 aromatic rings. The van der Waals surface area contributed by atoms with Crippen molar-refractivity contribution in [3.63, 3.8) is 0 Å². The van der Waals surface area contributed by atoms with E-state index in [9.17, 15) is 9.59 Å². The van der Waals surface area contributed by atoms with Crippen LogP contribution in [0.3, 0.4) is 0 Å². The fraction of sp³-hybridized carbons (Fsp3) is 0.385. The second kappa shape index (κ2) is 8.44. The van der Waals surface area contributed by atoms with Gasteiger partial charge in [0.1, 0.15) is 0 Å². The van der Waals surface area contributed by atoms with Gasteiger partial charge in [-0.15, -0.1) is 11.8 Å². The normalized spacial score (nSPS) is 11.6. The molecule has 0 saturated carbocycles. The van der Waals surface area contributed by atoms with E-state index in [1.54, 1.807) is 18.7 Å². The van der Waals surface area contributed by atoms with Crippen molar-refractivity contribution in [1.82, 2.24) is 16.2 Å². The smallest absolute Gasteiger partial charge is 0.333 e. The molecule has 20 heavy (non-hydrogen) atoms. The number of rotatable bonds is 5. The molecule has 3 amide bonds. The van der Waals surface area contributed by atoms with Crippen LogP contribution in [0.4, 0.5) is 4.79 Å². The number of benzene rings is 1. The van der Waals surface area contributed by atoms with Gasteiger partial charge in [0, 0.05) is 11.4 Å². The zero-order valence-corrected chi connectivity index (χ0v) is 12.4. The highest BCUT2D eigenvalue weighted by Gasteiger charge is 2.11. The first-order valence-electron chi connectivity index (χ1n) is 6.29. The first-order valence-corrected chi connectivity index (χ1v) is 7.52. The molecule has 0 fully saturated rings. The van der Waals surface area contributed by atoms with E-state index in [0.717, 1.165) is 10.5 Å². The number of carbonyl (C=O) groups is 2. The highest BCUT2D eigenvalue weighted by atomic mass is 32.2. The Kier molecular flexibility index (Phi) is 6.89. The molecule has 7 heteroatoms. The van der Waals surface area contributed by atoms with Gasteiger partial charge in [-0.05, 0) is 24.3 Å². The Morgan fingerprint density at radius 3 is 2.65 bits per heavy atom. The lowest BCUT2D eigenvalue weighted by Gasteiger charge is -2.12. The number of hydrogen-bond acceptors (Lipinski definition) is 4. The Morgan fingerprint density at radius 2 is 2.00 bits per heavy atom. The van der Waals surface area contributed by atoms with Crippen molar-refractivity contribution in [1.29, 1.82) is 0 Å². The molecule has 1 rings (SSSR count). The summed E-state index contributed by atoms with van der Waals surface area (Å²) in [6.45, 7) is 2.18. The summed E-state index contributed by atoms with van der Waals surface area (Å²) in [6.07, 6.45) is 2.49. The number of hydrogen-bond donors (Lipinski definition) is 4. The van der Waals surface area contributed by atoms with Gasteiger partial charge in [0.2, 0.25) is 0 Å². The summed E-state index contributed by atoms with van der Waals surface area (Å²) in [4.78, 5) is 24.0. The van der Waals surface area contributed by atoms with Gasteiger partial charge in [-0.1, -0.05) is 25.1 Å². The van der Waals surface area contributed by atoms with E-state index >= 15 is 0 Å². The molecular weight excluding hydrogens is 276 g/mol. The van der Waals surface area contributed by atoms with Crippen LogP contribution >= 0.6 is 11.8 Å². The second-order valence-electron chi connectivity index (χ2n) is 4.12. The van der Waals surface area contributed by atoms with Crippen LogP contribution in [0.15, 0.2) is 29.2 Å². The van der Waals surface area contributed by atoms with E-state index in [2.05, 4.69) is 16.2 Å². The fourth-order valence-corrected chi connectivity index (χ4v) is 2.08. The maximum Gasteiger partial charge on any atom is 0.333 e. The molecule has 0 saturated heterocycles. The number of thioether (sulfide) groups is 1. The van der Waals surface area contributed by atoms with E-state index in [4.69, 9.17) is 5.73 Å². The van der Waals surface area contributed by atoms with E-state index < -0.39 is 18.0 Å². The molecular formula is C13H20N4O2S. The minimum atomic E-state index is -0.618. The molecule has 6 nitrogen and oxygen atoms in total. The zero-order chi connectivity index (χ0) is 15.0. The monoisotopic (exact) mass is 296 g/mol. The van der Waals surface area contributed by atoms with Crippen LogP contribution in [0.2, 0.25) is 0 Å². The third-order valence-electron chi connectivity index (χ3n) is 2.71. The lowest BCUT2D eigenvalue weighted by Crippen LogP contribution is -2.51. The van der Waals surface area contributed by atoms with Gasteiger partial charge in [0.25, 0.3) is 5.91 Å². The van der Waals surface area contributed by atoms with Crippen molar-refractivity contribution in [2.24, 2.45) is 5.73 Å². The summed E-state index contributed by atoms with van der Waals surface area (Å²) in [5.74, 6) is -0.410. The van der Waals surface area contributed by atoms with E-state index in [-0.39, 0.29) is 0 Å². The van der Waals surface area contributed by atoms with Crippen LogP contribution in [0, 0.1) is 0 Å².